The Morgan fingerprint density at radius 1 is 1.41 bits per heavy atom. The topological polar surface area (TPSA) is 55.1 Å². The molecule has 0 atom stereocenters. The molecule has 0 unspecified atom stereocenters. The molecule has 1 rings (SSSR count). The number of nitrogens with one attached hydrogen (secondary N) is 1. The molecule has 17 heavy (non-hydrogen) atoms. The highest BCUT2D eigenvalue weighted by Crippen LogP contribution is 2.15. The molecule has 4 heteroatoms. The summed E-state index contributed by atoms with van der Waals surface area (Å²) in [4.78, 5) is 12.1. The highest BCUT2D eigenvalue weighted by atomic mass is 127. The van der Waals surface area contributed by atoms with Crippen LogP contribution in [0, 0.1) is 3.57 Å². The molecule has 0 heterocycles. The minimum Gasteiger partial charge on any atom is -0.345 e. The smallest absolute Gasteiger partial charge is 0.251 e. The zero-order chi connectivity index (χ0) is 12.9. The third-order valence-corrected chi connectivity index (χ3v) is 3.88. The van der Waals surface area contributed by atoms with Crippen molar-refractivity contribution in [3.05, 3.63) is 33.4 Å². The first kappa shape index (κ1) is 14.4. The van der Waals surface area contributed by atoms with Crippen LogP contribution >= 0.6 is 22.6 Å². The summed E-state index contributed by atoms with van der Waals surface area (Å²) >= 11 is 2.20. The predicted molar refractivity (Wildman–Crippen MR) is 79.0 cm³/mol. The molecule has 1 aromatic rings. The molecule has 0 bridgehead atoms. The van der Waals surface area contributed by atoms with Gasteiger partial charge < -0.3 is 11.1 Å². The standard InChI is InChI=1S/C13H19IN2O/c1-3-13(4-2,9-15)16-12(17)10-6-5-7-11(14)8-10/h5-8H,3-4,9,15H2,1-2H3,(H,16,17). The number of hydrogen-bond donors (Lipinski definition) is 2. The van der Waals surface area contributed by atoms with Gasteiger partial charge in [0.1, 0.15) is 0 Å². The van der Waals surface area contributed by atoms with Crippen LogP contribution in [0.1, 0.15) is 37.0 Å². The van der Waals surface area contributed by atoms with Gasteiger partial charge in [-0.1, -0.05) is 19.9 Å². The Kier molecular flexibility index (Phi) is 5.39. The summed E-state index contributed by atoms with van der Waals surface area (Å²) in [5, 5.41) is 3.06. The number of hydrogen-bond acceptors (Lipinski definition) is 2. The van der Waals surface area contributed by atoms with E-state index in [1.165, 1.54) is 0 Å². The molecule has 0 saturated carbocycles. The van der Waals surface area contributed by atoms with Crippen LogP contribution in [0.4, 0.5) is 0 Å². The van der Waals surface area contributed by atoms with E-state index in [1.54, 1.807) is 0 Å². The van der Waals surface area contributed by atoms with Gasteiger partial charge in [-0.2, -0.15) is 0 Å². The minimum atomic E-state index is -0.279. The van der Waals surface area contributed by atoms with Crippen LogP contribution in [0.3, 0.4) is 0 Å². The fourth-order valence-corrected chi connectivity index (χ4v) is 2.25. The predicted octanol–water partition coefficient (Wildman–Crippen LogP) is 2.54. The van der Waals surface area contributed by atoms with Gasteiger partial charge in [0.2, 0.25) is 0 Å². The van der Waals surface area contributed by atoms with Gasteiger partial charge >= 0.3 is 0 Å². The molecule has 0 aliphatic rings. The molecular formula is C13H19IN2O. The van der Waals surface area contributed by atoms with E-state index in [9.17, 15) is 4.79 Å². The normalized spacial score (nSPS) is 11.3. The second-order valence-corrected chi connectivity index (χ2v) is 5.40. The number of carbonyl (C=O) groups excluding carboxylic acids is 1. The first-order valence-corrected chi connectivity index (χ1v) is 6.93. The lowest BCUT2D eigenvalue weighted by atomic mass is 9.92. The molecule has 0 aliphatic carbocycles. The van der Waals surface area contributed by atoms with Crippen LogP contribution in [0.15, 0.2) is 24.3 Å². The summed E-state index contributed by atoms with van der Waals surface area (Å²) in [5.41, 5.74) is 6.18. The van der Waals surface area contributed by atoms with Crippen molar-refractivity contribution in [1.29, 1.82) is 0 Å². The number of halogens is 1. The fraction of sp³-hybridized carbons (Fsp3) is 0.462. The van der Waals surface area contributed by atoms with Crippen molar-refractivity contribution in [1.82, 2.24) is 5.32 Å². The van der Waals surface area contributed by atoms with E-state index in [0.717, 1.165) is 16.4 Å². The Bertz CT molecular complexity index is 380. The van der Waals surface area contributed by atoms with Gasteiger partial charge in [0.05, 0.1) is 5.54 Å². The van der Waals surface area contributed by atoms with Crippen LogP contribution in [0.5, 0.6) is 0 Å². The second kappa shape index (κ2) is 6.35. The van der Waals surface area contributed by atoms with E-state index >= 15 is 0 Å². The maximum Gasteiger partial charge on any atom is 0.251 e. The monoisotopic (exact) mass is 346 g/mol. The summed E-state index contributed by atoms with van der Waals surface area (Å²) in [6, 6.07) is 7.55. The van der Waals surface area contributed by atoms with E-state index in [2.05, 4.69) is 27.9 Å². The molecule has 0 aromatic heterocycles. The van der Waals surface area contributed by atoms with E-state index in [0.29, 0.717) is 12.1 Å². The molecule has 0 fully saturated rings. The fourth-order valence-electron chi connectivity index (χ4n) is 1.71. The Morgan fingerprint density at radius 2 is 2.06 bits per heavy atom. The summed E-state index contributed by atoms with van der Waals surface area (Å²) in [7, 11) is 0. The van der Waals surface area contributed by atoms with Gasteiger partial charge in [-0.15, -0.1) is 0 Å². The maximum atomic E-state index is 12.1. The zero-order valence-corrected chi connectivity index (χ0v) is 12.5. The molecular weight excluding hydrogens is 327 g/mol. The number of rotatable bonds is 5. The van der Waals surface area contributed by atoms with Crippen LogP contribution < -0.4 is 11.1 Å². The van der Waals surface area contributed by atoms with Crippen molar-refractivity contribution in [2.45, 2.75) is 32.2 Å². The first-order chi connectivity index (χ1) is 8.06. The van der Waals surface area contributed by atoms with Gasteiger partial charge in [-0.3, -0.25) is 4.79 Å². The van der Waals surface area contributed by atoms with Crippen molar-refractivity contribution in [3.8, 4) is 0 Å². The third kappa shape index (κ3) is 3.67. The molecule has 0 radical (unpaired) electrons. The van der Waals surface area contributed by atoms with E-state index in [-0.39, 0.29) is 11.4 Å². The van der Waals surface area contributed by atoms with Gasteiger partial charge in [0, 0.05) is 15.7 Å². The molecule has 0 aliphatic heterocycles. The van der Waals surface area contributed by atoms with Crippen LogP contribution in [-0.4, -0.2) is 18.0 Å². The molecule has 1 amide bonds. The van der Waals surface area contributed by atoms with Crippen LogP contribution in [-0.2, 0) is 0 Å². The van der Waals surface area contributed by atoms with Gasteiger partial charge in [0.25, 0.3) is 5.91 Å². The Labute approximate surface area is 116 Å². The van der Waals surface area contributed by atoms with Crippen molar-refractivity contribution >= 4 is 28.5 Å². The van der Waals surface area contributed by atoms with Gasteiger partial charge in [0.15, 0.2) is 0 Å². The van der Waals surface area contributed by atoms with E-state index in [1.807, 2.05) is 38.1 Å². The lowest BCUT2D eigenvalue weighted by molar-refractivity contribution is 0.0895. The quantitative estimate of drug-likeness (QED) is 0.805. The van der Waals surface area contributed by atoms with E-state index < -0.39 is 0 Å². The largest absolute Gasteiger partial charge is 0.345 e. The van der Waals surface area contributed by atoms with E-state index in [4.69, 9.17) is 5.73 Å². The number of nitrogens with two attached hydrogens (primary N) is 1. The van der Waals surface area contributed by atoms with Gasteiger partial charge in [-0.05, 0) is 53.6 Å². The second-order valence-electron chi connectivity index (χ2n) is 4.16. The molecule has 3 nitrogen and oxygen atoms in total. The number of benzene rings is 1. The summed E-state index contributed by atoms with van der Waals surface area (Å²) < 4.78 is 1.06. The molecule has 0 spiro atoms. The third-order valence-electron chi connectivity index (χ3n) is 3.21. The maximum absolute atomic E-state index is 12.1. The molecule has 0 saturated heterocycles. The van der Waals surface area contributed by atoms with Crippen molar-refractivity contribution < 1.29 is 4.79 Å². The lowest BCUT2D eigenvalue weighted by Crippen LogP contribution is -2.52. The Hall–Kier alpha value is -0.620. The Morgan fingerprint density at radius 3 is 2.53 bits per heavy atom. The summed E-state index contributed by atoms with van der Waals surface area (Å²) in [6.45, 7) is 4.56. The van der Waals surface area contributed by atoms with Crippen molar-refractivity contribution in [3.63, 3.8) is 0 Å². The zero-order valence-electron chi connectivity index (χ0n) is 10.3. The van der Waals surface area contributed by atoms with Crippen LogP contribution in [0.2, 0.25) is 0 Å². The minimum absolute atomic E-state index is 0.0438. The first-order valence-electron chi connectivity index (χ1n) is 5.85. The van der Waals surface area contributed by atoms with Crippen molar-refractivity contribution in [2.75, 3.05) is 6.54 Å². The molecule has 94 valence electrons. The molecule has 1 aromatic carbocycles. The van der Waals surface area contributed by atoms with Gasteiger partial charge in [-0.25, -0.2) is 0 Å². The average molecular weight is 346 g/mol. The SMILES string of the molecule is CCC(CC)(CN)NC(=O)c1cccc(I)c1. The van der Waals surface area contributed by atoms with Crippen LogP contribution in [0.25, 0.3) is 0 Å². The molecule has 3 N–H and O–H groups in total. The Balaban J connectivity index is 2.84. The highest BCUT2D eigenvalue weighted by molar-refractivity contribution is 14.1. The highest BCUT2D eigenvalue weighted by Gasteiger charge is 2.26. The van der Waals surface area contributed by atoms with Crippen molar-refractivity contribution in [2.24, 2.45) is 5.73 Å². The summed E-state index contributed by atoms with van der Waals surface area (Å²) in [6.07, 6.45) is 1.69. The average Bonchev–Trinajstić information content (AvgIpc) is 2.36. The number of amides is 1. The lowest BCUT2D eigenvalue weighted by Gasteiger charge is -2.31. The number of carbonyl (C=O) groups is 1. The summed E-state index contributed by atoms with van der Waals surface area (Å²) in [5.74, 6) is -0.0438.